The van der Waals surface area contributed by atoms with Crippen molar-refractivity contribution in [2.45, 2.75) is 18.4 Å². The first kappa shape index (κ1) is 17.2. The molecule has 4 amide bonds. The Labute approximate surface area is 149 Å². The molecule has 3 heterocycles. The van der Waals surface area contributed by atoms with E-state index in [2.05, 4.69) is 16.9 Å². The van der Waals surface area contributed by atoms with Gasteiger partial charge in [0.2, 0.25) is 0 Å². The van der Waals surface area contributed by atoms with E-state index in [4.69, 9.17) is 16.3 Å². The third kappa shape index (κ3) is 3.05. The molecule has 0 saturated carbocycles. The summed E-state index contributed by atoms with van der Waals surface area (Å²) in [6, 6.07) is 2.52. The molecule has 0 radical (unpaired) electrons. The van der Waals surface area contributed by atoms with Gasteiger partial charge in [-0.2, -0.15) is 0 Å². The van der Waals surface area contributed by atoms with E-state index in [0.29, 0.717) is 31.6 Å². The minimum Gasteiger partial charge on any atom is -0.436 e. The SMILES string of the molecule is C=C1N(C)C(=O)OC12CCN(C(=O)NC(=O)c1cccnc1Cl)CC2. The van der Waals surface area contributed by atoms with E-state index in [1.165, 1.54) is 22.1 Å². The molecule has 1 N–H and O–H groups in total. The first-order chi connectivity index (χ1) is 11.8. The highest BCUT2D eigenvalue weighted by Crippen LogP contribution is 2.39. The van der Waals surface area contributed by atoms with Gasteiger partial charge in [0.25, 0.3) is 5.91 Å². The highest BCUT2D eigenvalue weighted by atomic mass is 35.5. The molecule has 3 rings (SSSR count). The van der Waals surface area contributed by atoms with Crippen molar-refractivity contribution >= 4 is 29.6 Å². The molecule has 25 heavy (non-hydrogen) atoms. The van der Waals surface area contributed by atoms with Gasteiger partial charge in [0.1, 0.15) is 5.15 Å². The quantitative estimate of drug-likeness (QED) is 0.770. The third-order valence-electron chi connectivity index (χ3n) is 4.57. The number of hydrogen-bond acceptors (Lipinski definition) is 5. The Morgan fingerprint density at radius 1 is 1.40 bits per heavy atom. The molecule has 0 aromatic carbocycles. The van der Waals surface area contributed by atoms with Crippen LogP contribution in [0.4, 0.5) is 9.59 Å². The molecule has 0 aliphatic carbocycles. The predicted molar refractivity (Wildman–Crippen MR) is 89.0 cm³/mol. The number of hydrogen-bond donors (Lipinski definition) is 1. The second-order valence-corrected chi connectivity index (χ2v) is 6.31. The summed E-state index contributed by atoms with van der Waals surface area (Å²) in [6.45, 7) is 4.58. The summed E-state index contributed by atoms with van der Waals surface area (Å²) in [4.78, 5) is 42.8. The highest BCUT2D eigenvalue weighted by molar-refractivity contribution is 6.33. The summed E-state index contributed by atoms with van der Waals surface area (Å²) in [5, 5.41) is 2.33. The number of halogens is 1. The van der Waals surface area contributed by atoms with Gasteiger partial charge in [-0.25, -0.2) is 14.6 Å². The minimum atomic E-state index is -0.765. The summed E-state index contributed by atoms with van der Waals surface area (Å²) >= 11 is 5.85. The molecule has 1 aromatic rings. The average molecular weight is 365 g/mol. The van der Waals surface area contributed by atoms with Gasteiger partial charge >= 0.3 is 12.1 Å². The van der Waals surface area contributed by atoms with Crippen molar-refractivity contribution in [1.29, 1.82) is 0 Å². The van der Waals surface area contributed by atoms with Crippen molar-refractivity contribution in [3.8, 4) is 0 Å². The highest BCUT2D eigenvalue weighted by Gasteiger charge is 2.49. The number of likely N-dealkylation sites (N-methyl/N-ethyl adjacent to an activating group) is 1. The van der Waals surface area contributed by atoms with Crippen molar-refractivity contribution < 1.29 is 19.1 Å². The van der Waals surface area contributed by atoms with Crippen LogP contribution in [0.5, 0.6) is 0 Å². The van der Waals surface area contributed by atoms with Gasteiger partial charge in [0.15, 0.2) is 5.60 Å². The number of carbonyl (C=O) groups is 3. The van der Waals surface area contributed by atoms with Crippen LogP contribution < -0.4 is 5.32 Å². The van der Waals surface area contributed by atoms with Gasteiger partial charge in [-0.3, -0.25) is 15.0 Å². The summed E-state index contributed by atoms with van der Waals surface area (Å²) in [6.07, 6.45) is 1.87. The molecular weight excluding hydrogens is 348 g/mol. The number of nitrogens with zero attached hydrogens (tertiary/aromatic N) is 3. The molecule has 132 valence electrons. The average Bonchev–Trinajstić information content (AvgIpc) is 2.80. The van der Waals surface area contributed by atoms with E-state index in [0.717, 1.165) is 0 Å². The Kier molecular flexibility index (Phi) is 4.38. The zero-order valence-electron chi connectivity index (χ0n) is 13.6. The topological polar surface area (TPSA) is 91.8 Å². The number of carbonyl (C=O) groups excluding carboxylic acids is 3. The van der Waals surface area contributed by atoms with Crippen LogP contribution in [0.2, 0.25) is 5.15 Å². The molecule has 2 fully saturated rings. The van der Waals surface area contributed by atoms with Gasteiger partial charge in [0, 0.05) is 39.2 Å². The number of nitrogens with one attached hydrogen (secondary N) is 1. The number of amides is 4. The molecule has 0 atom stereocenters. The zero-order chi connectivity index (χ0) is 18.2. The maximum Gasteiger partial charge on any atom is 0.414 e. The van der Waals surface area contributed by atoms with Crippen LogP contribution in [0.3, 0.4) is 0 Å². The van der Waals surface area contributed by atoms with Crippen molar-refractivity contribution in [2.24, 2.45) is 0 Å². The van der Waals surface area contributed by atoms with Crippen molar-refractivity contribution in [3.63, 3.8) is 0 Å². The summed E-state index contributed by atoms with van der Waals surface area (Å²) in [5.74, 6) is -0.611. The van der Waals surface area contributed by atoms with Crippen molar-refractivity contribution in [2.75, 3.05) is 20.1 Å². The number of piperidine rings is 1. The minimum absolute atomic E-state index is 0.0302. The fourth-order valence-electron chi connectivity index (χ4n) is 2.97. The number of ether oxygens (including phenoxy) is 1. The van der Waals surface area contributed by atoms with E-state index in [-0.39, 0.29) is 10.7 Å². The smallest absolute Gasteiger partial charge is 0.414 e. The first-order valence-electron chi connectivity index (χ1n) is 7.71. The standard InChI is InChI=1S/C16H17ClN4O4/c1-10-16(25-15(24)20(10)2)5-8-21(9-6-16)14(23)19-13(22)11-4-3-7-18-12(11)17/h3-4,7H,1,5-6,8-9H2,2H3,(H,19,22,23). The third-order valence-corrected chi connectivity index (χ3v) is 4.87. The molecular formula is C16H17ClN4O4. The van der Waals surface area contributed by atoms with Gasteiger partial charge < -0.3 is 9.64 Å². The lowest BCUT2D eigenvalue weighted by molar-refractivity contribution is 0.0237. The largest absolute Gasteiger partial charge is 0.436 e. The Morgan fingerprint density at radius 2 is 2.08 bits per heavy atom. The lowest BCUT2D eigenvalue weighted by Gasteiger charge is -2.37. The maximum absolute atomic E-state index is 12.3. The van der Waals surface area contributed by atoms with Crippen LogP contribution in [0.1, 0.15) is 23.2 Å². The van der Waals surface area contributed by atoms with Crippen LogP contribution >= 0.6 is 11.6 Å². The lowest BCUT2D eigenvalue weighted by atomic mass is 9.89. The van der Waals surface area contributed by atoms with Crippen LogP contribution in [0, 0.1) is 0 Å². The molecule has 1 aromatic heterocycles. The Balaban J connectivity index is 1.61. The molecule has 0 unspecified atom stereocenters. The van der Waals surface area contributed by atoms with Crippen molar-refractivity contribution in [1.82, 2.24) is 20.1 Å². The van der Waals surface area contributed by atoms with Gasteiger partial charge in [-0.1, -0.05) is 18.2 Å². The summed E-state index contributed by atoms with van der Waals surface area (Å²) in [7, 11) is 1.61. The summed E-state index contributed by atoms with van der Waals surface area (Å²) in [5.41, 5.74) is -0.0410. The molecule has 2 saturated heterocycles. The normalized spacial score (nSPS) is 19.1. The first-order valence-corrected chi connectivity index (χ1v) is 8.09. The zero-order valence-corrected chi connectivity index (χ0v) is 14.4. The van der Waals surface area contributed by atoms with E-state index in [9.17, 15) is 14.4 Å². The Hall–Kier alpha value is -2.61. The van der Waals surface area contributed by atoms with Crippen molar-refractivity contribution in [3.05, 3.63) is 41.3 Å². The van der Waals surface area contributed by atoms with Crippen LogP contribution in [-0.2, 0) is 4.74 Å². The van der Waals surface area contributed by atoms with Gasteiger partial charge in [0.05, 0.1) is 11.3 Å². The fourth-order valence-corrected chi connectivity index (χ4v) is 3.18. The van der Waals surface area contributed by atoms with Crippen LogP contribution in [0.15, 0.2) is 30.6 Å². The van der Waals surface area contributed by atoms with E-state index >= 15 is 0 Å². The number of aromatic nitrogens is 1. The number of imide groups is 1. The fraction of sp³-hybridized carbons (Fsp3) is 0.375. The Bertz CT molecular complexity index is 758. The molecule has 0 bridgehead atoms. The molecule has 2 aliphatic heterocycles. The number of likely N-dealkylation sites (tertiary alicyclic amines) is 1. The summed E-state index contributed by atoms with van der Waals surface area (Å²) < 4.78 is 5.44. The second kappa shape index (κ2) is 6.36. The molecule has 2 aliphatic rings. The van der Waals surface area contributed by atoms with Gasteiger partial charge in [-0.05, 0) is 12.1 Å². The lowest BCUT2D eigenvalue weighted by Crippen LogP contribution is -2.51. The number of pyridine rings is 1. The van der Waals surface area contributed by atoms with E-state index in [1.54, 1.807) is 13.1 Å². The van der Waals surface area contributed by atoms with Gasteiger partial charge in [-0.15, -0.1) is 0 Å². The van der Waals surface area contributed by atoms with E-state index < -0.39 is 23.6 Å². The monoisotopic (exact) mass is 364 g/mol. The number of urea groups is 1. The molecule has 8 nitrogen and oxygen atoms in total. The van der Waals surface area contributed by atoms with Crippen LogP contribution in [0.25, 0.3) is 0 Å². The number of rotatable bonds is 1. The molecule has 9 heteroatoms. The second-order valence-electron chi connectivity index (χ2n) is 5.96. The van der Waals surface area contributed by atoms with Crippen LogP contribution in [-0.4, -0.2) is 58.6 Å². The predicted octanol–water partition coefficient (Wildman–Crippen LogP) is 2.02. The Morgan fingerprint density at radius 3 is 2.64 bits per heavy atom. The maximum atomic E-state index is 12.3. The van der Waals surface area contributed by atoms with E-state index in [1.807, 2.05) is 0 Å². The molecule has 1 spiro atoms.